The van der Waals surface area contributed by atoms with Crippen molar-refractivity contribution in [2.45, 2.75) is 37.6 Å². The SMILES string of the molecule is CCC/C(C=C1CC[n+]2c1sc1cc(Cl)ccc12)=C\C=C1/Sc2c(ccc3ccccc23)N1C. The molecule has 6 rings (SSSR count). The molecule has 0 unspecified atom stereocenters. The van der Waals surface area contributed by atoms with Crippen molar-refractivity contribution in [3.8, 4) is 0 Å². The number of allylic oxidation sites excluding steroid dienone is 5. The number of anilines is 1. The van der Waals surface area contributed by atoms with Crippen molar-refractivity contribution < 1.29 is 4.57 Å². The Hall–Kier alpha value is -2.53. The van der Waals surface area contributed by atoms with Crippen LogP contribution < -0.4 is 9.47 Å². The quantitative estimate of drug-likeness (QED) is 0.258. The van der Waals surface area contributed by atoms with Gasteiger partial charge in [0.25, 0.3) is 5.01 Å². The summed E-state index contributed by atoms with van der Waals surface area (Å²) in [6.45, 7) is 3.30. The second-order valence-electron chi connectivity index (χ2n) is 8.88. The zero-order valence-electron chi connectivity index (χ0n) is 19.3. The van der Waals surface area contributed by atoms with Gasteiger partial charge in [0.1, 0.15) is 4.70 Å². The molecule has 0 radical (unpaired) electrons. The van der Waals surface area contributed by atoms with Gasteiger partial charge < -0.3 is 4.90 Å². The summed E-state index contributed by atoms with van der Waals surface area (Å²) in [5.74, 6) is 0. The number of halogens is 1. The van der Waals surface area contributed by atoms with Crippen molar-refractivity contribution in [2.75, 3.05) is 11.9 Å². The Morgan fingerprint density at radius 2 is 2.03 bits per heavy atom. The number of nitrogens with zero attached hydrogens (tertiary/aromatic N) is 2. The van der Waals surface area contributed by atoms with E-state index in [4.69, 9.17) is 11.6 Å². The number of fused-ring (bicyclic) bond motifs is 6. The fourth-order valence-electron chi connectivity index (χ4n) is 4.93. The van der Waals surface area contributed by atoms with Crippen LogP contribution in [-0.2, 0) is 6.54 Å². The van der Waals surface area contributed by atoms with Crippen LogP contribution in [-0.4, -0.2) is 7.05 Å². The topological polar surface area (TPSA) is 7.12 Å². The Kier molecular flexibility index (Phi) is 5.76. The van der Waals surface area contributed by atoms with Crippen LogP contribution in [0, 0.1) is 0 Å². The standard InChI is InChI=1S/C29H26ClN2S2/c1-3-6-19(17-21-15-16-32-24-13-11-22(30)18-26(24)33-29(21)32)9-14-27-31(2)25-12-10-20-7-4-5-8-23(20)28(25)34-27/h4-5,7-14,17-18H,3,6,15-16H2,1-2H3/q+1. The smallest absolute Gasteiger partial charge is 0.266 e. The minimum Gasteiger partial charge on any atom is -0.338 e. The maximum absolute atomic E-state index is 6.25. The van der Waals surface area contributed by atoms with Gasteiger partial charge in [-0.3, -0.25) is 0 Å². The lowest BCUT2D eigenvalue weighted by Crippen LogP contribution is -2.30. The Morgan fingerprint density at radius 3 is 2.91 bits per heavy atom. The molecule has 34 heavy (non-hydrogen) atoms. The van der Waals surface area contributed by atoms with Crippen LogP contribution in [0.5, 0.6) is 0 Å². The first-order valence-electron chi connectivity index (χ1n) is 11.8. The first kappa shape index (κ1) is 22.0. The molecule has 0 amide bonds. The molecule has 3 heterocycles. The average Bonchev–Trinajstić information content (AvgIpc) is 3.50. The summed E-state index contributed by atoms with van der Waals surface area (Å²) >= 11 is 9.98. The van der Waals surface area contributed by atoms with Crippen LogP contribution in [0.25, 0.3) is 26.6 Å². The molecule has 2 nitrogen and oxygen atoms in total. The minimum absolute atomic E-state index is 0.809. The maximum Gasteiger partial charge on any atom is 0.266 e. The van der Waals surface area contributed by atoms with Gasteiger partial charge in [-0.1, -0.05) is 84.5 Å². The van der Waals surface area contributed by atoms with Crippen LogP contribution in [0.1, 0.15) is 31.2 Å². The van der Waals surface area contributed by atoms with E-state index in [9.17, 15) is 0 Å². The highest BCUT2D eigenvalue weighted by Gasteiger charge is 2.30. The number of thiazole rings is 1. The first-order valence-corrected chi connectivity index (χ1v) is 13.8. The summed E-state index contributed by atoms with van der Waals surface area (Å²) in [4.78, 5) is 3.68. The fourth-order valence-corrected chi connectivity index (χ4v) is 7.62. The third-order valence-electron chi connectivity index (χ3n) is 6.64. The van der Waals surface area contributed by atoms with Crippen LogP contribution in [0.3, 0.4) is 0 Å². The highest BCUT2D eigenvalue weighted by atomic mass is 35.5. The minimum atomic E-state index is 0.809. The van der Waals surface area contributed by atoms with Crippen LogP contribution in [0.2, 0.25) is 5.02 Å². The monoisotopic (exact) mass is 501 g/mol. The zero-order valence-corrected chi connectivity index (χ0v) is 21.7. The predicted molar refractivity (Wildman–Crippen MR) is 149 cm³/mol. The molecule has 0 aliphatic carbocycles. The second kappa shape index (κ2) is 8.92. The number of benzene rings is 3. The van der Waals surface area contributed by atoms with Crippen molar-refractivity contribution in [1.82, 2.24) is 0 Å². The molecule has 2 aliphatic heterocycles. The molecule has 0 saturated carbocycles. The number of aromatic nitrogens is 1. The third kappa shape index (κ3) is 3.78. The van der Waals surface area contributed by atoms with Crippen molar-refractivity contribution in [3.63, 3.8) is 0 Å². The van der Waals surface area contributed by atoms with Gasteiger partial charge >= 0.3 is 0 Å². The Bertz CT molecular complexity index is 1530. The molecule has 3 aromatic carbocycles. The molecule has 0 spiro atoms. The van der Waals surface area contributed by atoms with E-state index in [0.717, 1.165) is 30.8 Å². The number of hydrogen-bond acceptors (Lipinski definition) is 3. The lowest BCUT2D eigenvalue weighted by Gasteiger charge is -2.13. The van der Waals surface area contributed by atoms with E-state index in [1.807, 2.05) is 29.2 Å². The molecule has 5 heteroatoms. The fraction of sp³-hybridized carbons (Fsp3) is 0.207. The lowest BCUT2D eigenvalue weighted by molar-refractivity contribution is -0.659. The number of rotatable bonds is 4. The van der Waals surface area contributed by atoms with Gasteiger partial charge in [-0.15, -0.1) is 0 Å². The molecule has 1 aromatic heterocycles. The lowest BCUT2D eigenvalue weighted by atomic mass is 10.1. The van der Waals surface area contributed by atoms with Gasteiger partial charge in [-0.25, -0.2) is 0 Å². The van der Waals surface area contributed by atoms with E-state index < -0.39 is 0 Å². The van der Waals surface area contributed by atoms with Gasteiger partial charge in [-0.2, -0.15) is 4.57 Å². The zero-order chi connectivity index (χ0) is 23.2. The van der Waals surface area contributed by atoms with Crippen LogP contribution >= 0.6 is 34.7 Å². The largest absolute Gasteiger partial charge is 0.338 e. The summed E-state index contributed by atoms with van der Waals surface area (Å²) in [5, 5.41) is 6.09. The van der Waals surface area contributed by atoms with Crippen molar-refractivity contribution in [1.29, 1.82) is 0 Å². The second-order valence-corrected chi connectivity index (χ2v) is 11.4. The predicted octanol–water partition coefficient (Wildman–Crippen LogP) is 8.59. The van der Waals surface area contributed by atoms with Gasteiger partial charge in [0.2, 0.25) is 5.52 Å². The molecule has 2 aliphatic rings. The van der Waals surface area contributed by atoms with Crippen molar-refractivity contribution in [3.05, 3.63) is 93.5 Å². The van der Waals surface area contributed by atoms with Gasteiger partial charge in [0.05, 0.1) is 10.7 Å². The average molecular weight is 502 g/mol. The molecule has 0 atom stereocenters. The number of thioether (sulfide) groups is 1. The van der Waals surface area contributed by atoms with E-state index >= 15 is 0 Å². The van der Waals surface area contributed by atoms with Crippen LogP contribution in [0.15, 0.2) is 88.3 Å². The summed E-state index contributed by atoms with van der Waals surface area (Å²) in [5.41, 5.74) is 5.42. The highest BCUT2D eigenvalue weighted by molar-refractivity contribution is 8.04. The molecule has 0 bridgehead atoms. The van der Waals surface area contributed by atoms with Gasteiger partial charge in [0.15, 0.2) is 6.54 Å². The normalized spacial score (nSPS) is 18.0. The summed E-state index contributed by atoms with van der Waals surface area (Å²) in [7, 11) is 2.17. The van der Waals surface area contributed by atoms with Gasteiger partial charge in [0, 0.05) is 35.0 Å². The first-order chi connectivity index (χ1) is 16.6. The number of hydrogen-bond donors (Lipinski definition) is 0. The molecule has 0 fully saturated rings. The third-order valence-corrected chi connectivity index (χ3v) is 9.35. The molecule has 0 N–H and O–H groups in total. The summed E-state index contributed by atoms with van der Waals surface area (Å²) in [6.07, 6.45) is 10.4. The van der Waals surface area contributed by atoms with E-state index in [1.54, 1.807) is 0 Å². The Balaban J connectivity index is 1.34. The molecule has 170 valence electrons. The Morgan fingerprint density at radius 1 is 1.15 bits per heavy atom. The van der Waals surface area contributed by atoms with E-state index in [2.05, 4.69) is 90.2 Å². The van der Waals surface area contributed by atoms with E-state index in [-0.39, 0.29) is 0 Å². The van der Waals surface area contributed by atoms with E-state index in [1.165, 1.54) is 52.8 Å². The highest BCUT2D eigenvalue weighted by Crippen LogP contribution is 2.48. The van der Waals surface area contributed by atoms with Crippen molar-refractivity contribution in [2.24, 2.45) is 0 Å². The van der Waals surface area contributed by atoms with Crippen molar-refractivity contribution >= 4 is 66.9 Å². The van der Waals surface area contributed by atoms with Gasteiger partial charge in [-0.05, 0) is 53.1 Å². The maximum atomic E-state index is 6.25. The Labute approximate surface area is 213 Å². The summed E-state index contributed by atoms with van der Waals surface area (Å²) in [6, 6.07) is 19.4. The number of aryl methyl sites for hydroxylation is 1. The molecular weight excluding hydrogens is 476 g/mol. The molecular formula is C29H26ClN2S2+. The molecule has 0 saturated heterocycles. The van der Waals surface area contributed by atoms with E-state index in [0.29, 0.717) is 0 Å². The summed E-state index contributed by atoms with van der Waals surface area (Å²) < 4.78 is 3.72. The van der Waals surface area contributed by atoms with Crippen LogP contribution in [0.4, 0.5) is 5.69 Å². The molecule has 4 aromatic rings.